The van der Waals surface area contributed by atoms with Gasteiger partial charge in [0.15, 0.2) is 5.11 Å². The fraction of sp³-hybridized carbons (Fsp3) is 0.412. The van der Waals surface area contributed by atoms with Crippen LogP contribution in [0.5, 0.6) is 5.75 Å². The van der Waals surface area contributed by atoms with E-state index in [9.17, 15) is 0 Å². The largest absolute Gasteiger partial charge is 0.496 e. The van der Waals surface area contributed by atoms with E-state index < -0.39 is 0 Å². The predicted octanol–water partition coefficient (Wildman–Crippen LogP) is 2.88. The quantitative estimate of drug-likeness (QED) is 0.504. The third-order valence-corrected chi connectivity index (χ3v) is 4.11. The Bertz CT molecular complexity index is 679. The average molecular weight is 332 g/mol. The first-order chi connectivity index (χ1) is 10.8. The molecule has 1 aromatic rings. The van der Waals surface area contributed by atoms with Gasteiger partial charge in [0.1, 0.15) is 5.75 Å². The molecule has 23 heavy (non-hydrogen) atoms. The fourth-order valence-corrected chi connectivity index (χ4v) is 3.19. The van der Waals surface area contributed by atoms with Gasteiger partial charge in [-0.1, -0.05) is 6.08 Å². The number of hydrogen-bond donors (Lipinski definition) is 2. The Morgan fingerprint density at radius 1 is 1.48 bits per heavy atom. The minimum atomic E-state index is -0.0280. The maximum atomic E-state index is 5.54. The number of benzene rings is 1. The lowest BCUT2D eigenvalue weighted by atomic mass is 9.88. The third kappa shape index (κ3) is 3.47. The molecular weight excluding hydrogens is 308 g/mol. The number of anilines is 1. The van der Waals surface area contributed by atoms with Crippen molar-refractivity contribution in [3.8, 4) is 5.75 Å². The van der Waals surface area contributed by atoms with Crippen molar-refractivity contribution in [2.75, 3.05) is 18.6 Å². The van der Waals surface area contributed by atoms with Crippen molar-refractivity contribution in [3.05, 3.63) is 29.3 Å². The summed E-state index contributed by atoms with van der Waals surface area (Å²) in [4.78, 5) is 2.37. The first-order valence-electron chi connectivity index (χ1n) is 7.58. The Kier molecular flexibility index (Phi) is 4.94. The van der Waals surface area contributed by atoms with Crippen LogP contribution in [0.3, 0.4) is 0 Å². The Hall–Kier alpha value is -2.08. The number of methoxy groups -OCH3 is 1. The molecule has 0 unspecified atom stereocenters. The maximum Gasteiger partial charge on any atom is 0.184 e. The molecule has 0 amide bonds. The van der Waals surface area contributed by atoms with Crippen molar-refractivity contribution >= 4 is 34.8 Å². The van der Waals surface area contributed by atoms with Crippen molar-refractivity contribution in [2.45, 2.75) is 33.2 Å². The van der Waals surface area contributed by atoms with E-state index in [0.29, 0.717) is 0 Å². The average Bonchev–Trinajstić information content (AvgIpc) is 2.46. The van der Waals surface area contributed by atoms with Gasteiger partial charge in [0, 0.05) is 29.4 Å². The second kappa shape index (κ2) is 6.58. The normalized spacial score (nSPS) is 16.0. The summed E-state index contributed by atoms with van der Waals surface area (Å²) < 4.78 is 5.54. The molecule has 1 aliphatic rings. The van der Waals surface area contributed by atoms with Crippen molar-refractivity contribution in [3.63, 3.8) is 0 Å². The van der Waals surface area contributed by atoms with E-state index in [2.05, 4.69) is 61.3 Å². The lowest BCUT2D eigenvalue weighted by molar-refractivity contribution is 0.413. The van der Waals surface area contributed by atoms with E-state index >= 15 is 0 Å². The SMILES string of the molecule is CCN1c2cc(OC)c(/C=N\NC(N)=S)cc2C(C)=CC1(C)C. The standard InChI is InChI=1S/C17H24N4OS/c1-6-21-14-8-15(22-5)12(10-19-20-16(18)23)7-13(14)11(2)9-17(21,3)4/h7-10H,6H2,1-5H3,(H3,18,20,23)/b19-10-. The molecule has 0 spiro atoms. The number of nitrogens with two attached hydrogens (primary N) is 1. The smallest absolute Gasteiger partial charge is 0.184 e. The molecule has 0 aliphatic carbocycles. The molecular formula is C17H24N4OS. The van der Waals surface area contributed by atoms with Crippen LogP contribution in [0.25, 0.3) is 5.57 Å². The first-order valence-corrected chi connectivity index (χ1v) is 7.99. The summed E-state index contributed by atoms with van der Waals surface area (Å²) in [6.07, 6.45) is 3.96. The number of likely N-dealkylation sites (N-methyl/N-ethyl adjacent to an activating group) is 1. The van der Waals surface area contributed by atoms with Gasteiger partial charge in [-0.3, -0.25) is 5.43 Å². The fourth-order valence-electron chi connectivity index (χ4n) is 3.14. The van der Waals surface area contributed by atoms with Gasteiger partial charge in [0.25, 0.3) is 0 Å². The second-order valence-electron chi connectivity index (χ2n) is 6.07. The molecule has 1 aromatic carbocycles. The molecule has 3 N–H and O–H groups in total. The van der Waals surface area contributed by atoms with Crippen LogP contribution in [-0.4, -0.2) is 30.5 Å². The number of thiocarbonyl (C=S) groups is 1. The molecule has 0 bridgehead atoms. The number of nitrogens with zero attached hydrogens (tertiary/aromatic N) is 2. The molecule has 5 nitrogen and oxygen atoms in total. The number of allylic oxidation sites excluding steroid dienone is 1. The first kappa shape index (κ1) is 17.3. The highest BCUT2D eigenvalue weighted by Gasteiger charge is 2.31. The molecule has 0 fully saturated rings. The van der Waals surface area contributed by atoms with Crippen molar-refractivity contribution < 1.29 is 4.74 Å². The number of hydrazone groups is 1. The number of rotatable bonds is 4. The Morgan fingerprint density at radius 3 is 2.74 bits per heavy atom. The van der Waals surface area contributed by atoms with Gasteiger partial charge >= 0.3 is 0 Å². The number of hydrogen-bond acceptors (Lipinski definition) is 4. The van der Waals surface area contributed by atoms with Crippen molar-refractivity contribution in [2.24, 2.45) is 10.8 Å². The topological polar surface area (TPSA) is 62.9 Å². The van der Waals surface area contributed by atoms with Gasteiger partial charge in [-0.05, 0) is 51.6 Å². The van der Waals surface area contributed by atoms with Crippen LogP contribution in [0.1, 0.15) is 38.8 Å². The van der Waals surface area contributed by atoms with E-state index in [1.807, 2.05) is 0 Å². The van der Waals surface area contributed by atoms with Crippen LogP contribution in [-0.2, 0) is 0 Å². The second-order valence-corrected chi connectivity index (χ2v) is 6.51. The zero-order chi connectivity index (χ0) is 17.2. The molecule has 0 saturated carbocycles. The van der Waals surface area contributed by atoms with Gasteiger partial charge in [0.2, 0.25) is 0 Å². The minimum absolute atomic E-state index is 0.0280. The zero-order valence-electron chi connectivity index (χ0n) is 14.3. The third-order valence-electron chi connectivity index (χ3n) is 4.02. The van der Waals surface area contributed by atoms with Crippen LogP contribution in [0.2, 0.25) is 0 Å². The Morgan fingerprint density at radius 2 is 2.17 bits per heavy atom. The zero-order valence-corrected chi connectivity index (χ0v) is 15.1. The number of ether oxygens (including phenoxy) is 1. The summed E-state index contributed by atoms with van der Waals surface area (Å²) in [6.45, 7) is 9.65. The number of nitrogens with one attached hydrogen (secondary N) is 1. The van der Waals surface area contributed by atoms with Gasteiger partial charge in [-0.15, -0.1) is 0 Å². The molecule has 124 valence electrons. The lowest BCUT2D eigenvalue weighted by Gasteiger charge is -2.43. The van der Waals surface area contributed by atoms with Crippen LogP contribution >= 0.6 is 12.2 Å². The van der Waals surface area contributed by atoms with Crippen LogP contribution in [0.15, 0.2) is 23.3 Å². The summed E-state index contributed by atoms with van der Waals surface area (Å²) in [6, 6.07) is 4.15. The van der Waals surface area contributed by atoms with E-state index in [0.717, 1.165) is 17.9 Å². The van der Waals surface area contributed by atoms with E-state index in [-0.39, 0.29) is 10.7 Å². The Balaban J connectivity index is 2.54. The van der Waals surface area contributed by atoms with E-state index in [4.69, 9.17) is 22.7 Å². The van der Waals surface area contributed by atoms with Gasteiger partial charge < -0.3 is 15.4 Å². The summed E-state index contributed by atoms with van der Waals surface area (Å²) in [5.74, 6) is 0.765. The summed E-state index contributed by atoms with van der Waals surface area (Å²) >= 11 is 4.75. The van der Waals surface area contributed by atoms with Crippen LogP contribution < -0.4 is 20.8 Å². The molecule has 0 saturated heterocycles. The van der Waals surface area contributed by atoms with E-state index in [1.54, 1.807) is 13.3 Å². The maximum absolute atomic E-state index is 5.54. The van der Waals surface area contributed by atoms with E-state index in [1.165, 1.54) is 16.8 Å². The molecule has 6 heteroatoms. The number of fused-ring (bicyclic) bond motifs is 1. The van der Waals surface area contributed by atoms with Gasteiger partial charge in [-0.2, -0.15) is 5.10 Å². The van der Waals surface area contributed by atoms with Gasteiger partial charge in [-0.25, -0.2) is 0 Å². The summed E-state index contributed by atoms with van der Waals surface area (Å²) in [7, 11) is 1.66. The molecule has 0 radical (unpaired) electrons. The van der Waals surface area contributed by atoms with Crippen molar-refractivity contribution in [1.29, 1.82) is 0 Å². The lowest BCUT2D eigenvalue weighted by Crippen LogP contribution is -2.44. The highest BCUT2D eigenvalue weighted by atomic mass is 32.1. The monoisotopic (exact) mass is 332 g/mol. The minimum Gasteiger partial charge on any atom is -0.496 e. The van der Waals surface area contributed by atoms with Crippen molar-refractivity contribution in [1.82, 2.24) is 5.43 Å². The summed E-state index contributed by atoms with van der Waals surface area (Å²) in [5.41, 5.74) is 12.4. The molecule has 0 atom stereocenters. The molecule has 2 rings (SSSR count). The predicted molar refractivity (Wildman–Crippen MR) is 101 cm³/mol. The Labute approximate surface area is 143 Å². The molecule has 1 aliphatic heterocycles. The summed E-state index contributed by atoms with van der Waals surface area (Å²) in [5, 5.41) is 4.17. The highest BCUT2D eigenvalue weighted by Crippen LogP contribution is 2.41. The van der Waals surface area contributed by atoms with Crippen LogP contribution in [0.4, 0.5) is 5.69 Å². The molecule has 0 aromatic heterocycles. The van der Waals surface area contributed by atoms with Crippen LogP contribution in [0, 0.1) is 0 Å². The molecule has 1 heterocycles. The van der Waals surface area contributed by atoms with Gasteiger partial charge in [0.05, 0.1) is 18.9 Å². The highest BCUT2D eigenvalue weighted by molar-refractivity contribution is 7.80.